The smallest absolute Gasteiger partial charge is 0.270 e. The van der Waals surface area contributed by atoms with Crippen molar-refractivity contribution in [2.75, 3.05) is 5.32 Å². The molecule has 0 spiro atoms. The molecule has 1 N–H and O–H groups in total. The second-order valence-corrected chi connectivity index (χ2v) is 4.28. The van der Waals surface area contributed by atoms with Crippen molar-refractivity contribution < 1.29 is 14.8 Å². The lowest BCUT2D eigenvalue weighted by Gasteiger charge is -2.13. The quantitative estimate of drug-likeness (QED) is 0.694. The standard InChI is InChI=1S/C13H9ClN2O4/c14-10-3-1-2-4-11(10)15-13(18)9-7-8(16(19)20)5-6-12(9)17/h1-7,17H,(H,15,18)/p-1. The minimum absolute atomic E-state index is 0.304. The summed E-state index contributed by atoms with van der Waals surface area (Å²) in [6.07, 6.45) is 0. The van der Waals surface area contributed by atoms with Crippen molar-refractivity contribution in [1.82, 2.24) is 0 Å². The molecule has 0 aliphatic heterocycles. The van der Waals surface area contributed by atoms with Crippen molar-refractivity contribution in [2.45, 2.75) is 0 Å². The van der Waals surface area contributed by atoms with E-state index in [1.807, 2.05) is 0 Å². The third kappa shape index (κ3) is 2.86. The molecule has 2 aromatic carbocycles. The first-order valence-electron chi connectivity index (χ1n) is 5.50. The van der Waals surface area contributed by atoms with E-state index in [1.54, 1.807) is 24.3 Å². The van der Waals surface area contributed by atoms with Crippen LogP contribution in [0.3, 0.4) is 0 Å². The predicted octanol–water partition coefficient (Wildman–Crippen LogP) is 2.57. The van der Waals surface area contributed by atoms with Crippen LogP contribution in [-0.2, 0) is 0 Å². The Kier molecular flexibility index (Phi) is 3.86. The highest BCUT2D eigenvalue weighted by Crippen LogP contribution is 2.24. The maximum Gasteiger partial charge on any atom is 0.270 e. The molecule has 0 fully saturated rings. The molecule has 0 saturated carbocycles. The molecule has 0 aromatic heterocycles. The van der Waals surface area contributed by atoms with Gasteiger partial charge in [-0.2, -0.15) is 0 Å². The van der Waals surface area contributed by atoms with Gasteiger partial charge >= 0.3 is 0 Å². The van der Waals surface area contributed by atoms with Crippen LogP contribution in [0.1, 0.15) is 10.4 Å². The van der Waals surface area contributed by atoms with Crippen LogP contribution in [0.15, 0.2) is 42.5 Å². The van der Waals surface area contributed by atoms with E-state index in [2.05, 4.69) is 5.32 Å². The number of nitrogens with one attached hydrogen (secondary N) is 1. The summed E-state index contributed by atoms with van der Waals surface area (Å²) in [5.74, 6) is -1.34. The second kappa shape index (κ2) is 5.58. The van der Waals surface area contributed by atoms with Gasteiger partial charge in [-0.15, -0.1) is 0 Å². The summed E-state index contributed by atoms with van der Waals surface area (Å²) in [7, 11) is 0. The molecule has 0 radical (unpaired) electrons. The van der Waals surface area contributed by atoms with Crippen LogP contribution in [0.25, 0.3) is 0 Å². The topological polar surface area (TPSA) is 95.3 Å². The number of hydrogen-bond acceptors (Lipinski definition) is 4. The Hall–Kier alpha value is -2.60. The summed E-state index contributed by atoms with van der Waals surface area (Å²) in [4.78, 5) is 21.9. The lowest BCUT2D eigenvalue weighted by atomic mass is 10.1. The summed E-state index contributed by atoms with van der Waals surface area (Å²) in [5, 5.41) is 25.0. The number of anilines is 1. The number of carbonyl (C=O) groups is 1. The van der Waals surface area contributed by atoms with Gasteiger partial charge in [0.1, 0.15) is 0 Å². The van der Waals surface area contributed by atoms with Crippen molar-refractivity contribution in [3.8, 4) is 5.75 Å². The molecule has 20 heavy (non-hydrogen) atoms. The lowest BCUT2D eigenvalue weighted by molar-refractivity contribution is -0.385. The van der Waals surface area contributed by atoms with Gasteiger partial charge in [-0.25, -0.2) is 0 Å². The molecule has 0 unspecified atom stereocenters. The largest absolute Gasteiger partial charge is 0.872 e. The predicted molar refractivity (Wildman–Crippen MR) is 71.9 cm³/mol. The van der Waals surface area contributed by atoms with Gasteiger partial charge in [0.2, 0.25) is 0 Å². The zero-order valence-corrected chi connectivity index (χ0v) is 10.8. The van der Waals surface area contributed by atoms with E-state index in [-0.39, 0.29) is 11.3 Å². The Morgan fingerprint density at radius 1 is 1.20 bits per heavy atom. The fraction of sp³-hybridized carbons (Fsp3) is 0. The number of nitro groups is 1. The molecule has 0 saturated heterocycles. The summed E-state index contributed by atoms with van der Waals surface area (Å²) in [5.41, 5.74) is -0.307. The average Bonchev–Trinajstić information content (AvgIpc) is 2.41. The minimum atomic E-state index is -0.744. The number of hydrogen-bond donors (Lipinski definition) is 1. The molecule has 2 aromatic rings. The molecular weight excluding hydrogens is 284 g/mol. The first kappa shape index (κ1) is 13.8. The maximum absolute atomic E-state index is 12.0. The molecular formula is C13H8ClN2O4-. The molecule has 0 aliphatic rings. The van der Waals surface area contributed by atoms with E-state index in [9.17, 15) is 20.0 Å². The van der Waals surface area contributed by atoms with Crippen molar-refractivity contribution >= 4 is 28.9 Å². The van der Waals surface area contributed by atoms with Gasteiger partial charge in [-0.05, 0) is 12.1 Å². The van der Waals surface area contributed by atoms with Crippen molar-refractivity contribution in [3.05, 3.63) is 63.2 Å². The number of non-ortho nitro benzene ring substituents is 1. The zero-order valence-electron chi connectivity index (χ0n) is 10.00. The number of nitro benzene ring substituents is 1. The highest BCUT2D eigenvalue weighted by Gasteiger charge is 2.13. The van der Waals surface area contributed by atoms with Gasteiger partial charge < -0.3 is 10.4 Å². The Morgan fingerprint density at radius 2 is 1.90 bits per heavy atom. The molecule has 0 heterocycles. The van der Waals surface area contributed by atoms with Crippen molar-refractivity contribution in [3.63, 3.8) is 0 Å². The number of carbonyl (C=O) groups excluding carboxylic acids is 1. The number of nitrogens with zero attached hydrogens (tertiary/aromatic N) is 1. The fourth-order valence-electron chi connectivity index (χ4n) is 1.56. The summed E-state index contributed by atoms with van der Waals surface area (Å²) >= 11 is 5.88. The molecule has 6 nitrogen and oxygen atoms in total. The number of rotatable bonds is 3. The summed E-state index contributed by atoms with van der Waals surface area (Å²) in [6, 6.07) is 9.45. The second-order valence-electron chi connectivity index (χ2n) is 3.87. The third-order valence-corrected chi connectivity index (χ3v) is 2.87. The number of amides is 1. The van der Waals surface area contributed by atoms with Gasteiger partial charge in [0.05, 0.1) is 15.6 Å². The van der Waals surface area contributed by atoms with Crippen molar-refractivity contribution in [2.24, 2.45) is 0 Å². The van der Waals surface area contributed by atoms with E-state index in [1.165, 1.54) is 0 Å². The van der Waals surface area contributed by atoms with E-state index in [0.717, 1.165) is 18.2 Å². The van der Waals surface area contributed by atoms with Gasteiger partial charge in [0, 0.05) is 17.7 Å². The zero-order chi connectivity index (χ0) is 14.7. The Labute approximate surface area is 118 Å². The summed E-state index contributed by atoms with van der Waals surface area (Å²) < 4.78 is 0. The van der Waals surface area contributed by atoms with E-state index < -0.39 is 16.6 Å². The monoisotopic (exact) mass is 291 g/mol. The Bertz CT molecular complexity index is 688. The third-order valence-electron chi connectivity index (χ3n) is 2.54. The van der Waals surface area contributed by atoms with Crippen LogP contribution in [0.2, 0.25) is 5.02 Å². The highest BCUT2D eigenvalue weighted by atomic mass is 35.5. The van der Waals surface area contributed by atoms with Crippen LogP contribution >= 0.6 is 11.6 Å². The van der Waals surface area contributed by atoms with Gasteiger partial charge in [-0.3, -0.25) is 14.9 Å². The van der Waals surface area contributed by atoms with Gasteiger partial charge in [-0.1, -0.05) is 35.5 Å². The molecule has 1 amide bonds. The molecule has 7 heteroatoms. The molecule has 0 aliphatic carbocycles. The Morgan fingerprint density at radius 3 is 2.55 bits per heavy atom. The fourth-order valence-corrected chi connectivity index (χ4v) is 1.74. The van der Waals surface area contributed by atoms with Crippen LogP contribution in [0.4, 0.5) is 11.4 Å². The molecule has 102 valence electrons. The normalized spacial score (nSPS) is 10.1. The molecule has 0 atom stereocenters. The molecule has 2 rings (SSSR count). The van der Waals surface area contributed by atoms with Crippen molar-refractivity contribution in [1.29, 1.82) is 0 Å². The van der Waals surface area contributed by atoms with Gasteiger partial charge in [0.25, 0.3) is 11.6 Å². The Balaban J connectivity index is 2.32. The number of halogens is 1. The van der Waals surface area contributed by atoms with Crippen LogP contribution in [0, 0.1) is 10.1 Å². The lowest BCUT2D eigenvalue weighted by Crippen LogP contribution is -2.15. The van der Waals surface area contributed by atoms with E-state index in [0.29, 0.717) is 10.7 Å². The minimum Gasteiger partial charge on any atom is -0.872 e. The summed E-state index contributed by atoms with van der Waals surface area (Å²) in [6.45, 7) is 0. The first-order valence-corrected chi connectivity index (χ1v) is 5.88. The van der Waals surface area contributed by atoms with Gasteiger partial charge in [0.15, 0.2) is 0 Å². The SMILES string of the molecule is O=C(Nc1ccccc1Cl)c1cc([N+](=O)[O-])ccc1[O-]. The van der Waals surface area contributed by atoms with Crippen LogP contribution in [-0.4, -0.2) is 10.8 Å². The number of para-hydroxylation sites is 1. The average molecular weight is 292 g/mol. The molecule has 0 bridgehead atoms. The highest BCUT2D eigenvalue weighted by molar-refractivity contribution is 6.33. The van der Waals surface area contributed by atoms with Crippen LogP contribution < -0.4 is 10.4 Å². The van der Waals surface area contributed by atoms with Crippen LogP contribution in [0.5, 0.6) is 5.75 Å². The first-order chi connectivity index (χ1) is 9.49. The number of benzene rings is 2. The van der Waals surface area contributed by atoms with E-state index >= 15 is 0 Å². The van der Waals surface area contributed by atoms with E-state index in [4.69, 9.17) is 11.6 Å². The maximum atomic E-state index is 12.0.